The Balaban J connectivity index is 2.00. The third-order valence-corrected chi connectivity index (χ3v) is 7.53. The molecule has 4 bridgehead atoms. The summed E-state index contributed by atoms with van der Waals surface area (Å²) < 4.78 is 10.4. The topological polar surface area (TPSA) is 72.8 Å². The summed E-state index contributed by atoms with van der Waals surface area (Å²) in [6, 6.07) is 0. The number of alkyl halides is 1. The summed E-state index contributed by atoms with van der Waals surface area (Å²) in [5.41, 5.74) is -2.95. The predicted octanol–water partition coefficient (Wildman–Crippen LogP) is 2.82. The maximum absolute atomic E-state index is 13.5. The highest BCUT2D eigenvalue weighted by molar-refractivity contribution is 6.34. The van der Waals surface area contributed by atoms with Gasteiger partial charge in [-0.2, -0.15) is 0 Å². The number of allylic oxidation sites excluding steroid dienone is 2. The third-order valence-electron chi connectivity index (χ3n) is 6.64. The smallest absolute Gasteiger partial charge is 0.323 e. The quantitative estimate of drug-likeness (QED) is 0.464. The summed E-state index contributed by atoms with van der Waals surface area (Å²) in [7, 11) is 2.69. The summed E-state index contributed by atoms with van der Waals surface area (Å²) in [6.45, 7) is 1.87. The van der Waals surface area contributed by atoms with Crippen molar-refractivity contribution < 1.29 is 24.2 Å². The van der Waals surface area contributed by atoms with Crippen LogP contribution in [0.25, 0.3) is 0 Å². The van der Waals surface area contributed by atoms with Crippen LogP contribution in [0.1, 0.15) is 39.0 Å². The molecule has 5 aliphatic rings. The minimum Gasteiger partial charge on any atom is -0.499 e. The van der Waals surface area contributed by atoms with Gasteiger partial charge in [-0.25, -0.2) is 0 Å². The van der Waals surface area contributed by atoms with Crippen molar-refractivity contribution >= 4 is 23.4 Å². The van der Waals surface area contributed by atoms with Crippen molar-refractivity contribution in [3.63, 3.8) is 0 Å². The van der Waals surface area contributed by atoms with E-state index in [2.05, 4.69) is 6.08 Å². The highest BCUT2D eigenvalue weighted by atomic mass is 35.5. The molecule has 5 rings (SSSR count). The fourth-order valence-electron chi connectivity index (χ4n) is 5.47. The molecule has 6 heteroatoms. The monoisotopic (exact) mass is 378 g/mol. The first-order valence-electron chi connectivity index (χ1n) is 8.96. The van der Waals surface area contributed by atoms with Gasteiger partial charge >= 0.3 is 5.97 Å². The number of carbonyl (C=O) groups excluding carboxylic acids is 2. The summed E-state index contributed by atoms with van der Waals surface area (Å²) in [5, 5.41) is 11.8. The maximum atomic E-state index is 13.5. The van der Waals surface area contributed by atoms with E-state index in [1.165, 1.54) is 20.3 Å². The zero-order valence-electron chi connectivity index (χ0n) is 15.2. The molecule has 0 aromatic rings. The molecule has 5 aliphatic carbocycles. The van der Waals surface area contributed by atoms with E-state index in [1.807, 2.05) is 13.0 Å². The standard InChI is InChI=1S/C20H23ClO5/c1-17-9-13(12-7-5-4-6-8-12)19(24)15(22)18(11-17,16(23)26-3)10-14(25-2)20(17,19)21/h7,9-10,24H,4-6,8,11H2,1-3H3/t17?,18-,19+,20+/m1/s1. The lowest BCUT2D eigenvalue weighted by Crippen LogP contribution is -2.73. The van der Waals surface area contributed by atoms with Crippen LogP contribution in [0.4, 0.5) is 0 Å². The molecule has 0 amide bonds. The normalized spacial score (nSPS) is 43.6. The Bertz CT molecular complexity index is 811. The molecule has 0 aliphatic heterocycles. The summed E-state index contributed by atoms with van der Waals surface area (Å²) >= 11 is 7.03. The molecule has 140 valence electrons. The molecule has 0 aromatic carbocycles. The number of hydrogen-bond donors (Lipinski definition) is 1. The molecule has 26 heavy (non-hydrogen) atoms. The van der Waals surface area contributed by atoms with Crippen molar-refractivity contribution in [1.82, 2.24) is 0 Å². The number of ether oxygens (including phenoxy) is 2. The van der Waals surface area contributed by atoms with Crippen molar-refractivity contribution in [3.05, 3.63) is 35.1 Å². The van der Waals surface area contributed by atoms with Crippen LogP contribution in [-0.2, 0) is 19.1 Å². The molecule has 5 nitrogen and oxygen atoms in total. The Morgan fingerprint density at radius 3 is 2.58 bits per heavy atom. The van der Waals surface area contributed by atoms with Gasteiger partial charge in [0, 0.05) is 5.41 Å². The van der Waals surface area contributed by atoms with E-state index in [0.717, 1.165) is 31.3 Å². The first-order valence-corrected chi connectivity index (χ1v) is 9.34. The van der Waals surface area contributed by atoms with Crippen molar-refractivity contribution in [2.24, 2.45) is 10.8 Å². The van der Waals surface area contributed by atoms with Crippen LogP contribution in [-0.4, -0.2) is 41.6 Å². The van der Waals surface area contributed by atoms with Crippen LogP contribution >= 0.6 is 11.6 Å². The number of esters is 1. The van der Waals surface area contributed by atoms with E-state index < -0.39 is 33.1 Å². The Morgan fingerprint density at radius 2 is 2.00 bits per heavy atom. The van der Waals surface area contributed by atoms with Crippen LogP contribution in [0.2, 0.25) is 0 Å². The van der Waals surface area contributed by atoms with Crippen molar-refractivity contribution in [1.29, 1.82) is 0 Å². The molecule has 1 unspecified atom stereocenters. The minimum atomic E-state index is -2.01. The highest BCUT2D eigenvalue weighted by Gasteiger charge is 2.82. The number of ketones is 1. The summed E-state index contributed by atoms with van der Waals surface area (Å²) in [6.07, 6.45) is 9.33. The van der Waals surface area contributed by atoms with Gasteiger partial charge in [0.25, 0.3) is 0 Å². The van der Waals surface area contributed by atoms with Crippen molar-refractivity contribution in [2.45, 2.75) is 49.5 Å². The number of Topliss-reactive ketones (excluding diaryl/α,β-unsaturated/α-hetero) is 1. The first-order chi connectivity index (χ1) is 12.2. The van der Waals surface area contributed by atoms with Crippen LogP contribution in [0.15, 0.2) is 35.1 Å². The number of hydrogen-bond acceptors (Lipinski definition) is 5. The van der Waals surface area contributed by atoms with Gasteiger partial charge in [-0.1, -0.05) is 19.1 Å². The van der Waals surface area contributed by atoms with Crippen LogP contribution in [0, 0.1) is 10.8 Å². The van der Waals surface area contributed by atoms with E-state index in [1.54, 1.807) is 0 Å². The molecular formula is C20H23ClO5. The van der Waals surface area contributed by atoms with Crippen LogP contribution in [0.5, 0.6) is 0 Å². The van der Waals surface area contributed by atoms with Gasteiger partial charge in [0.15, 0.2) is 16.8 Å². The van der Waals surface area contributed by atoms with Gasteiger partial charge in [-0.15, -0.1) is 11.6 Å². The Morgan fingerprint density at radius 1 is 1.27 bits per heavy atom. The fraction of sp³-hybridized carbons (Fsp3) is 0.600. The number of halogens is 1. The predicted molar refractivity (Wildman–Crippen MR) is 95.4 cm³/mol. The molecule has 0 spiro atoms. The lowest BCUT2D eigenvalue weighted by Gasteiger charge is -2.58. The minimum absolute atomic E-state index is 0.154. The molecule has 4 atom stereocenters. The van der Waals surface area contributed by atoms with Gasteiger partial charge in [0.2, 0.25) is 0 Å². The Labute approximate surface area is 157 Å². The second kappa shape index (κ2) is 5.23. The number of rotatable bonds is 3. The second-order valence-electron chi connectivity index (χ2n) is 8.00. The number of methoxy groups -OCH3 is 2. The average Bonchev–Trinajstić information content (AvgIpc) is 2.80. The van der Waals surface area contributed by atoms with E-state index in [4.69, 9.17) is 21.1 Å². The van der Waals surface area contributed by atoms with Crippen molar-refractivity contribution in [3.8, 4) is 0 Å². The van der Waals surface area contributed by atoms with Crippen LogP contribution in [0.3, 0.4) is 0 Å². The van der Waals surface area contributed by atoms with Gasteiger partial charge in [0.05, 0.1) is 14.2 Å². The van der Waals surface area contributed by atoms with E-state index in [-0.39, 0.29) is 12.2 Å². The third kappa shape index (κ3) is 1.67. The summed E-state index contributed by atoms with van der Waals surface area (Å²) in [4.78, 5) is 24.8. The molecule has 0 radical (unpaired) electrons. The lowest BCUT2D eigenvalue weighted by molar-refractivity contribution is -0.174. The molecule has 0 aromatic heterocycles. The molecule has 0 heterocycles. The lowest BCUT2D eigenvalue weighted by atomic mass is 9.49. The number of carbonyl (C=O) groups is 2. The Kier molecular flexibility index (Phi) is 3.58. The van der Waals surface area contributed by atoms with E-state index in [9.17, 15) is 14.7 Å². The van der Waals surface area contributed by atoms with Gasteiger partial charge in [-0.05, 0) is 49.3 Å². The molecule has 1 fully saturated rings. The molecule has 1 saturated carbocycles. The maximum Gasteiger partial charge on any atom is 0.323 e. The van der Waals surface area contributed by atoms with E-state index in [0.29, 0.717) is 5.57 Å². The molecule has 1 N–H and O–H groups in total. The van der Waals surface area contributed by atoms with Gasteiger partial charge in [-0.3, -0.25) is 9.59 Å². The highest BCUT2D eigenvalue weighted by Crippen LogP contribution is 2.72. The van der Waals surface area contributed by atoms with E-state index >= 15 is 0 Å². The zero-order valence-corrected chi connectivity index (χ0v) is 16.0. The largest absolute Gasteiger partial charge is 0.499 e. The fourth-order valence-corrected chi connectivity index (χ4v) is 5.91. The number of aliphatic hydroxyl groups is 1. The van der Waals surface area contributed by atoms with Crippen molar-refractivity contribution in [2.75, 3.05) is 14.2 Å². The van der Waals surface area contributed by atoms with Gasteiger partial charge < -0.3 is 14.6 Å². The zero-order chi connectivity index (χ0) is 19.0. The van der Waals surface area contributed by atoms with Crippen LogP contribution < -0.4 is 0 Å². The molecular weight excluding hydrogens is 356 g/mol. The first kappa shape index (κ1) is 17.8. The molecule has 0 saturated heterocycles. The SMILES string of the molecule is COC(=O)[C@@]12C=C(OC)[C@]3(Cl)C(C)(C=C(C4=CCCCC4)[C@]3(O)C1=O)C2. The average molecular weight is 379 g/mol. The summed E-state index contributed by atoms with van der Waals surface area (Å²) in [5.74, 6) is -1.05. The van der Waals surface area contributed by atoms with Gasteiger partial charge in [0.1, 0.15) is 10.6 Å². The second-order valence-corrected chi connectivity index (χ2v) is 8.57. The Hall–Kier alpha value is -1.59.